The maximum atomic E-state index is 11.7. The number of carbonyl (C=O) groups is 1. The molecule has 2 aromatic heterocycles. The van der Waals surface area contributed by atoms with Crippen LogP contribution >= 0.6 is 0 Å². The number of rotatable bonds is 6. The zero-order chi connectivity index (χ0) is 13.8. The molecule has 0 atom stereocenters. The number of hydrogen-bond donors (Lipinski definition) is 1. The Morgan fingerprint density at radius 2 is 2.15 bits per heavy atom. The number of nitrogens with zero attached hydrogens (tertiary/aromatic N) is 3. The largest absolute Gasteiger partial charge is 0.349 e. The van der Waals surface area contributed by atoms with E-state index >= 15 is 0 Å². The van der Waals surface area contributed by atoms with Crippen LogP contribution in [0, 0.1) is 0 Å². The molecule has 1 fully saturated rings. The maximum absolute atomic E-state index is 11.7. The Morgan fingerprint density at radius 1 is 1.35 bits per heavy atom. The summed E-state index contributed by atoms with van der Waals surface area (Å²) < 4.78 is 5.13. The second kappa shape index (κ2) is 5.81. The summed E-state index contributed by atoms with van der Waals surface area (Å²) in [5.41, 5.74) is 1.10. The van der Waals surface area contributed by atoms with Crippen LogP contribution < -0.4 is 5.32 Å². The summed E-state index contributed by atoms with van der Waals surface area (Å²) in [5, 5.41) is 6.66. The Morgan fingerprint density at radius 3 is 2.90 bits per heavy atom. The highest BCUT2D eigenvalue weighted by Crippen LogP contribution is 2.38. The Balaban J connectivity index is 1.42. The van der Waals surface area contributed by atoms with Crippen LogP contribution in [0.15, 0.2) is 29.0 Å². The molecule has 0 unspecified atom stereocenters. The zero-order valence-electron chi connectivity index (χ0n) is 11.1. The normalized spacial score (nSPS) is 14.2. The number of hydrogen-bond acceptors (Lipinski definition) is 5. The first-order valence-electron chi connectivity index (χ1n) is 6.79. The van der Waals surface area contributed by atoms with Gasteiger partial charge in [0.1, 0.15) is 0 Å². The molecule has 2 aromatic rings. The lowest BCUT2D eigenvalue weighted by atomic mass is 10.1. The van der Waals surface area contributed by atoms with Gasteiger partial charge in [0, 0.05) is 24.7 Å². The quantitative estimate of drug-likeness (QED) is 0.863. The van der Waals surface area contributed by atoms with E-state index in [1.165, 1.54) is 0 Å². The fourth-order valence-electron chi connectivity index (χ4n) is 1.91. The second-order valence-corrected chi connectivity index (χ2v) is 4.96. The van der Waals surface area contributed by atoms with Gasteiger partial charge in [-0.15, -0.1) is 0 Å². The van der Waals surface area contributed by atoms with E-state index in [9.17, 15) is 4.79 Å². The van der Waals surface area contributed by atoms with Crippen molar-refractivity contribution in [2.24, 2.45) is 0 Å². The van der Waals surface area contributed by atoms with Gasteiger partial charge < -0.3 is 9.84 Å². The summed E-state index contributed by atoms with van der Waals surface area (Å²) in [5.74, 6) is 1.67. The molecule has 1 aliphatic rings. The molecule has 20 heavy (non-hydrogen) atoms. The third kappa shape index (κ3) is 3.40. The van der Waals surface area contributed by atoms with Crippen molar-refractivity contribution in [2.75, 3.05) is 0 Å². The standard InChI is InChI=1S/C14H16N4O2/c19-13(4-1-10-5-7-15-8-6-10)16-9-12-17-14(20-18-12)11-2-3-11/h5-8,11H,1-4,9H2,(H,16,19). The number of aromatic nitrogens is 3. The molecule has 6 heteroatoms. The minimum Gasteiger partial charge on any atom is -0.349 e. The van der Waals surface area contributed by atoms with Crippen molar-refractivity contribution in [3.63, 3.8) is 0 Å². The summed E-state index contributed by atoms with van der Waals surface area (Å²) in [7, 11) is 0. The van der Waals surface area contributed by atoms with Crippen LogP contribution in [0.4, 0.5) is 0 Å². The molecule has 1 N–H and O–H groups in total. The molecule has 1 amide bonds. The molecule has 1 saturated carbocycles. The van der Waals surface area contributed by atoms with Crippen LogP contribution in [0.5, 0.6) is 0 Å². The van der Waals surface area contributed by atoms with Gasteiger partial charge in [0.25, 0.3) is 0 Å². The first-order chi connectivity index (χ1) is 9.81. The highest BCUT2D eigenvalue weighted by Gasteiger charge is 2.29. The number of pyridine rings is 1. The summed E-state index contributed by atoms with van der Waals surface area (Å²) in [6, 6.07) is 3.82. The van der Waals surface area contributed by atoms with Crippen LogP contribution in [0.2, 0.25) is 0 Å². The van der Waals surface area contributed by atoms with Crippen molar-refractivity contribution >= 4 is 5.91 Å². The third-order valence-corrected chi connectivity index (χ3v) is 3.24. The van der Waals surface area contributed by atoms with Crippen LogP contribution in [0.3, 0.4) is 0 Å². The topological polar surface area (TPSA) is 80.9 Å². The molecule has 0 aromatic carbocycles. The number of aryl methyl sites for hydroxylation is 1. The van der Waals surface area contributed by atoms with Gasteiger partial charge in [0.15, 0.2) is 5.82 Å². The molecule has 1 aliphatic carbocycles. The average molecular weight is 272 g/mol. The smallest absolute Gasteiger partial charge is 0.229 e. The van der Waals surface area contributed by atoms with E-state index in [-0.39, 0.29) is 5.91 Å². The molecule has 0 radical (unpaired) electrons. The first kappa shape index (κ1) is 12.8. The van der Waals surface area contributed by atoms with Gasteiger partial charge in [-0.2, -0.15) is 4.98 Å². The molecule has 0 saturated heterocycles. The molecule has 104 valence electrons. The first-order valence-corrected chi connectivity index (χ1v) is 6.79. The SMILES string of the molecule is O=C(CCc1ccncc1)NCc1noc(C2CC2)n1. The molecule has 6 nitrogen and oxygen atoms in total. The summed E-state index contributed by atoms with van der Waals surface area (Å²) in [4.78, 5) is 19.9. The Kier molecular flexibility index (Phi) is 3.71. The predicted molar refractivity (Wildman–Crippen MR) is 70.7 cm³/mol. The van der Waals surface area contributed by atoms with E-state index in [1.54, 1.807) is 12.4 Å². The summed E-state index contributed by atoms with van der Waals surface area (Å²) in [6.07, 6.45) is 6.85. The van der Waals surface area contributed by atoms with Crippen molar-refractivity contribution < 1.29 is 9.32 Å². The minimum atomic E-state index is -0.0143. The molecular weight excluding hydrogens is 256 g/mol. The minimum absolute atomic E-state index is 0.0143. The van der Waals surface area contributed by atoms with Gasteiger partial charge in [0.2, 0.25) is 11.8 Å². The number of carbonyl (C=O) groups excluding carboxylic acids is 1. The fourth-order valence-corrected chi connectivity index (χ4v) is 1.91. The van der Waals surface area contributed by atoms with Crippen molar-refractivity contribution in [3.8, 4) is 0 Å². The van der Waals surface area contributed by atoms with Crippen LogP contribution in [0.1, 0.15) is 42.5 Å². The van der Waals surface area contributed by atoms with Crippen molar-refractivity contribution in [3.05, 3.63) is 41.8 Å². The lowest BCUT2D eigenvalue weighted by molar-refractivity contribution is -0.121. The van der Waals surface area contributed by atoms with E-state index in [0.29, 0.717) is 37.0 Å². The van der Waals surface area contributed by atoms with E-state index in [4.69, 9.17) is 4.52 Å². The Hall–Kier alpha value is -2.24. The lowest BCUT2D eigenvalue weighted by Crippen LogP contribution is -2.23. The van der Waals surface area contributed by atoms with Gasteiger partial charge in [-0.25, -0.2) is 0 Å². The number of nitrogens with one attached hydrogen (secondary N) is 1. The van der Waals surface area contributed by atoms with Crippen molar-refractivity contribution in [2.45, 2.75) is 38.1 Å². The molecule has 3 rings (SSSR count). The van der Waals surface area contributed by atoms with Gasteiger partial charge in [-0.1, -0.05) is 5.16 Å². The summed E-state index contributed by atoms with van der Waals surface area (Å²) >= 11 is 0. The third-order valence-electron chi connectivity index (χ3n) is 3.24. The highest BCUT2D eigenvalue weighted by molar-refractivity contribution is 5.76. The van der Waals surface area contributed by atoms with Crippen LogP contribution in [0.25, 0.3) is 0 Å². The molecule has 0 spiro atoms. The van der Waals surface area contributed by atoms with Gasteiger partial charge in [-0.05, 0) is 37.0 Å². The van der Waals surface area contributed by atoms with Crippen LogP contribution in [-0.4, -0.2) is 21.0 Å². The van der Waals surface area contributed by atoms with E-state index < -0.39 is 0 Å². The Bertz CT molecular complexity index is 578. The highest BCUT2D eigenvalue weighted by atomic mass is 16.5. The molecule has 0 aliphatic heterocycles. The van der Waals surface area contributed by atoms with E-state index in [2.05, 4.69) is 20.4 Å². The number of amides is 1. The summed E-state index contributed by atoms with van der Waals surface area (Å²) in [6.45, 7) is 0.325. The van der Waals surface area contributed by atoms with Gasteiger partial charge >= 0.3 is 0 Å². The Labute approximate surface area is 116 Å². The molecular formula is C14H16N4O2. The van der Waals surface area contributed by atoms with E-state index in [0.717, 1.165) is 18.4 Å². The lowest BCUT2D eigenvalue weighted by Gasteiger charge is -2.02. The molecule has 0 bridgehead atoms. The zero-order valence-corrected chi connectivity index (χ0v) is 11.1. The predicted octanol–water partition coefficient (Wildman–Crippen LogP) is 1.59. The van der Waals surface area contributed by atoms with E-state index in [1.807, 2.05) is 12.1 Å². The van der Waals surface area contributed by atoms with Crippen molar-refractivity contribution in [1.82, 2.24) is 20.4 Å². The maximum Gasteiger partial charge on any atom is 0.229 e. The monoisotopic (exact) mass is 272 g/mol. The van der Waals surface area contributed by atoms with Gasteiger partial charge in [0.05, 0.1) is 6.54 Å². The second-order valence-electron chi connectivity index (χ2n) is 4.96. The van der Waals surface area contributed by atoms with Crippen molar-refractivity contribution in [1.29, 1.82) is 0 Å². The average Bonchev–Trinajstić information content (AvgIpc) is 3.23. The van der Waals surface area contributed by atoms with Gasteiger partial charge in [-0.3, -0.25) is 9.78 Å². The molecule has 2 heterocycles. The fraction of sp³-hybridized carbons (Fsp3) is 0.429. The van der Waals surface area contributed by atoms with Crippen LogP contribution in [-0.2, 0) is 17.8 Å².